The maximum absolute atomic E-state index is 11.2. The first-order valence-corrected chi connectivity index (χ1v) is 6.96. The molecular weight excluding hydrogens is 266 g/mol. The molecule has 0 radical (unpaired) electrons. The Morgan fingerprint density at radius 2 is 1.95 bits per heavy atom. The zero-order valence-electron chi connectivity index (χ0n) is 12.2. The van der Waals surface area contributed by atoms with Crippen molar-refractivity contribution >= 4 is 11.8 Å². The highest BCUT2D eigenvalue weighted by Gasteiger charge is 2.14. The van der Waals surface area contributed by atoms with Crippen LogP contribution in [-0.2, 0) is 12.8 Å². The smallest absolute Gasteiger partial charge is 0.341 e. The van der Waals surface area contributed by atoms with E-state index in [2.05, 4.69) is 27.4 Å². The van der Waals surface area contributed by atoms with Gasteiger partial charge in [0.15, 0.2) is 0 Å². The Hall–Kier alpha value is -2.43. The van der Waals surface area contributed by atoms with Crippen molar-refractivity contribution in [2.24, 2.45) is 0 Å². The number of carbonyl (C=O) groups is 1. The molecule has 110 valence electrons. The summed E-state index contributed by atoms with van der Waals surface area (Å²) in [5.74, 6) is 0.00956. The zero-order valence-corrected chi connectivity index (χ0v) is 12.2. The Morgan fingerprint density at radius 3 is 2.57 bits per heavy atom. The summed E-state index contributed by atoms with van der Waals surface area (Å²) in [6.45, 7) is 3.88. The van der Waals surface area contributed by atoms with Crippen LogP contribution in [-0.4, -0.2) is 27.1 Å². The average molecular weight is 285 g/mol. The van der Waals surface area contributed by atoms with Crippen molar-refractivity contribution in [2.75, 3.05) is 5.32 Å². The van der Waals surface area contributed by atoms with Gasteiger partial charge in [-0.25, -0.2) is 14.8 Å². The van der Waals surface area contributed by atoms with Gasteiger partial charge >= 0.3 is 5.97 Å². The minimum atomic E-state index is -1.02. The molecule has 0 amide bonds. The van der Waals surface area contributed by atoms with Crippen molar-refractivity contribution in [2.45, 2.75) is 32.7 Å². The number of nitrogens with zero attached hydrogens (tertiary/aromatic N) is 2. The molecule has 0 saturated heterocycles. The Bertz CT molecular complexity index is 612. The van der Waals surface area contributed by atoms with Gasteiger partial charge in [0.05, 0.1) is 0 Å². The van der Waals surface area contributed by atoms with E-state index in [0.717, 1.165) is 6.42 Å². The number of nitrogens with one attached hydrogen (secondary N) is 1. The standard InChI is InChI=1S/C16H19N3O2/c1-11(2)18-15-13(16(20)21)10-17-14(19-15)9-8-12-6-4-3-5-7-12/h3-7,10-11H,8-9H2,1-2H3,(H,20,21)(H,17,18,19). The molecule has 0 aliphatic carbocycles. The summed E-state index contributed by atoms with van der Waals surface area (Å²) in [6.07, 6.45) is 2.88. The van der Waals surface area contributed by atoms with Crippen molar-refractivity contribution in [3.63, 3.8) is 0 Å². The van der Waals surface area contributed by atoms with Crippen LogP contribution in [0.4, 0.5) is 5.82 Å². The summed E-state index contributed by atoms with van der Waals surface area (Å²) < 4.78 is 0. The molecule has 2 N–H and O–H groups in total. The number of aryl methyl sites for hydroxylation is 2. The van der Waals surface area contributed by atoms with E-state index in [0.29, 0.717) is 18.1 Å². The van der Waals surface area contributed by atoms with Crippen LogP contribution in [0.25, 0.3) is 0 Å². The molecule has 0 aliphatic heterocycles. The monoisotopic (exact) mass is 285 g/mol. The number of rotatable bonds is 6. The minimum Gasteiger partial charge on any atom is -0.477 e. The third kappa shape index (κ3) is 4.27. The van der Waals surface area contributed by atoms with Gasteiger partial charge < -0.3 is 10.4 Å². The molecule has 0 atom stereocenters. The predicted molar refractivity (Wildman–Crippen MR) is 81.6 cm³/mol. The van der Waals surface area contributed by atoms with Crippen molar-refractivity contribution < 1.29 is 9.90 Å². The highest BCUT2D eigenvalue weighted by atomic mass is 16.4. The maximum Gasteiger partial charge on any atom is 0.341 e. The van der Waals surface area contributed by atoms with Crippen LogP contribution in [0.1, 0.15) is 35.6 Å². The third-order valence-electron chi connectivity index (χ3n) is 2.97. The Morgan fingerprint density at radius 1 is 1.24 bits per heavy atom. The molecule has 5 nitrogen and oxygen atoms in total. The predicted octanol–water partition coefficient (Wildman–Crippen LogP) is 2.78. The van der Waals surface area contributed by atoms with Gasteiger partial charge in [0, 0.05) is 18.7 Å². The Kier molecular flexibility index (Phi) is 4.87. The topological polar surface area (TPSA) is 75.1 Å². The third-order valence-corrected chi connectivity index (χ3v) is 2.97. The van der Waals surface area contributed by atoms with Crippen LogP contribution in [0, 0.1) is 0 Å². The minimum absolute atomic E-state index is 0.104. The van der Waals surface area contributed by atoms with E-state index in [9.17, 15) is 4.79 Å². The van der Waals surface area contributed by atoms with Gasteiger partial charge in [0.2, 0.25) is 0 Å². The van der Waals surface area contributed by atoms with Gasteiger partial charge in [-0.05, 0) is 25.8 Å². The summed E-state index contributed by atoms with van der Waals surface area (Å²) in [7, 11) is 0. The summed E-state index contributed by atoms with van der Waals surface area (Å²) in [6, 6.07) is 10.2. The first-order valence-electron chi connectivity index (χ1n) is 6.96. The van der Waals surface area contributed by atoms with Gasteiger partial charge in [-0.1, -0.05) is 30.3 Å². The van der Waals surface area contributed by atoms with E-state index in [1.165, 1.54) is 11.8 Å². The lowest BCUT2D eigenvalue weighted by Crippen LogP contribution is -2.16. The second-order valence-electron chi connectivity index (χ2n) is 5.14. The largest absolute Gasteiger partial charge is 0.477 e. The van der Waals surface area contributed by atoms with Gasteiger partial charge in [0.25, 0.3) is 0 Å². The molecular formula is C16H19N3O2. The SMILES string of the molecule is CC(C)Nc1nc(CCc2ccccc2)ncc1C(=O)O. The average Bonchev–Trinajstić information content (AvgIpc) is 2.45. The number of carboxylic acid groups (broad SMARTS) is 1. The van der Waals surface area contributed by atoms with Crippen LogP contribution >= 0.6 is 0 Å². The Balaban J connectivity index is 2.15. The van der Waals surface area contributed by atoms with Crippen molar-refractivity contribution in [3.05, 3.63) is 53.5 Å². The molecule has 0 bridgehead atoms. The highest BCUT2D eigenvalue weighted by molar-refractivity contribution is 5.92. The van der Waals surface area contributed by atoms with E-state index in [-0.39, 0.29) is 11.6 Å². The van der Waals surface area contributed by atoms with Gasteiger partial charge in [-0.2, -0.15) is 0 Å². The number of benzene rings is 1. The van der Waals surface area contributed by atoms with E-state index >= 15 is 0 Å². The molecule has 0 aliphatic rings. The van der Waals surface area contributed by atoms with Crippen LogP contribution in [0.2, 0.25) is 0 Å². The van der Waals surface area contributed by atoms with Crippen molar-refractivity contribution in [1.29, 1.82) is 0 Å². The van der Waals surface area contributed by atoms with E-state index in [1.807, 2.05) is 32.0 Å². The van der Waals surface area contributed by atoms with Crippen molar-refractivity contribution in [3.8, 4) is 0 Å². The Labute approximate surface area is 124 Å². The lowest BCUT2D eigenvalue weighted by atomic mass is 10.1. The molecule has 1 aromatic carbocycles. The fourth-order valence-electron chi connectivity index (χ4n) is 1.98. The van der Waals surface area contributed by atoms with Crippen molar-refractivity contribution in [1.82, 2.24) is 9.97 Å². The molecule has 21 heavy (non-hydrogen) atoms. The molecule has 0 saturated carbocycles. The molecule has 1 aromatic heterocycles. The quantitative estimate of drug-likeness (QED) is 0.853. The number of anilines is 1. The summed E-state index contributed by atoms with van der Waals surface area (Å²) in [5.41, 5.74) is 1.31. The lowest BCUT2D eigenvalue weighted by molar-refractivity contribution is 0.0697. The first kappa shape index (κ1) is 15.0. The van der Waals surface area contributed by atoms with Crippen LogP contribution in [0.15, 0.2) is 36.5 Å². The van der Waals surface area contributed by atoms with E-state index in [1.54, 1.807) is 0 Å². The summed E-state index contributed by atoms with van der Waals surface area (Å²) >= 11 is 0. The van der Waals surface area contributed by atoms with Crippen LogP contribution in [0.3, 0.4) is 0 Å². The fraction of sp³-hybridized carbons (Fsp3) is 0.312. The van der Waals surface area contributed by atoms with Gasteiger partial charge in [0.1, 0.15) is 17.2 Å². The normalized spacial score (nSPS) is 10.6. The summed E-state index contributed by atoms with van der Waals surface area (Å²) in [5, 5.41) is 12.2. The molecule has 0 spiro atoms. The number of carboxylic acids is 1. The number of aromatic nitrogens is 2. The lowest BCUT2D eigenvalue weighted by Gasteiger charge is -2.12. The highest BCUT2D eigenvalue weighted by Crippen LogP contribution is 2.14. The number of hydrogen-bond donors (Lipinski definition) is 2. The van der Waals surface area contributed by atoms with E-state index in [4.69, 9.17) is 5.11 Å². The molecule has 2 rings (SSSR count). The molecule has 1 heterocycles. The number of hydrogen-bond acceptors (Lipinski definition) is 4. The van der Waals surface area contributed by atoms with Crippen LogP contribution < -0.4 is 5.32 Å². The van der Waals surface area contributed by atoms with Gasteiger partial charge in [-0.3, -0.25) is 0 Å². The van der Waals surface area contributed by atoms with Crippen LogP contribution in [0.5, 0.6) is 0 Å². The molecule has 2 aromatic rings. The maximum atomic E-state index is 11.2. The first-order chi connectivity index (χ1) is 10.1. The molecule has 5 heteroatoms. The fourth-order valence-corrected chi connectivity index (χ4v) is 1.98. The molecule has 0 fully saturated rings. The van der Waals surface area contributed by atoms with E-state index < -0.39 is 5.97 Å². The van der Waals surface area contributed by atoms with Gasteiger partial charge in [-0.15, -0.1) is 0 Å². The number of aromatic carboxylic acids is 1. The molecule has 0 unspecified atom stereocenters. The second kappa shape index (κ2) is 6.83. The zero-order chi connectivity index (χ0) is 15.2. The summed E-state index contributed by atoms with van der Waals surface area (Å²) in [4.78, 5) is 19.7. The second-order valence-corrected chi connectivity index (χ2v) is 5.14.